The molecule has 1 saturated heterocycles. The summed E-state index contributed by atoms with van der Waals surface area (Å²) in [5.41, 5.74) is 0. The van der Waals surface area contributed by atoms with E-state index in [1.165, 1.54) is 17.0 Å². The number of carbonyl (C=O) groups excluding carboxylic acids is 1. The molecule has 7 nitrogen and oxygen atoms in total. The Morgan fingerprint density at radius 1 is 1.25 bits per heavy atom. The Labute approximate surface area is 116 Å². The van der Waals surface area contributed by atoms with Gasteiger partial charge in [-0.05, 0) is 12.1 Å². The fourth-order valence-corrected chi connectivity index (χ4v) is 2.79. The third-order valence-corrected chi connectivity index (χ3v) is 4.47. The van der Waals surface area contributed by atoms with E-state index in [4.69, 9.17) is 5.11 Å². The summed E-state index contributed by atoms with van der Waals surface area (Å²) in [4.78, 5) is 23.7. The Morgan fingerprint density at radius 3 is 2.40 bits per heavy atom. The number of nitrogens with zero attached hydrogens (tertiary/aromatic N) is 1. The van der Waals surface area contributed by atoms with Crippen LogP contribution in [0.4, 0.5) is 0 Å². The summed E-state index contributed by atoms with van der Waals surface area (Å²) in [7, 11) is -3.72. The molecular weight excluding hydrogens is 284 g/mol. The molecule has 1 aliphatic heterocycles. The number of hydrogen-bond acceptors (Lipinski definition) is 4. The Hall–Kier alpha value is -1.93. The van der Waals surface area contributed by atoms with Crippen molar-refractivity contribution < 1.29 is 23.1 Å². The van der Waals surface area contributed by atoms with E-state index in [1.54, 1.807) is 18.2 Å². The maximum atomic E-state index is 11.9. The van der Waals surface area contributed by atoms with Crippen LogP contribution in [0.5, 0.6) is 0 Å². The number of carboxylic acid groups (broad SMARTS) is 1. The van der Waals surface area contributed by atoms with Crippen LogP contribution in [0.25, 0.3) is 0 Å². The van der Waals surface area contributed by atoms with Crippen LogP contribution in [-0.2, 0) is 19.6 Å². The summed E-state index contributed by atoms with van der Waals surface area (Å²) in [5.74, 6) is -1.93. The molecule has 20 heavy (non-hydrogen) atoms. The first-order valence-electron chi connectivity index (χ1n) is 5.95. The quantitative estimate of drug-likeness (QED) is 0.763. The highest BCUT2D eigenvalue weighted by molar-refractivity contribution is 7.89. The Morgan fingerprint density at radius 2 is 1.85 bits per heavy atom. The molecule has 2 N–H and O–H groups in total. The Bertz CT molecular complexity index is 608. The SMILES string of the molecule is O=C(O)C1CN(C(=O)CNS(=O)(=O)c2ccccc2)C1. The number of likely N-dealkylation sites (tertiary alicyclic amines) is 1. The summed E-state index contributed by atoms with van der Waals surface area (Å²) in [5, 5.41) is 8.69. The van der Waals surface area contributed by atoms with Crippen molar-refractivity contribution in [3.63, 3.8) is 0 Å². The molecule has 0 bridgehead atoms. The van der Waals surface area contributed by atoms with Gasteiger partial charge in [0, 0.05) is 13.1 Å². The van der Waals surface area contributed by atoms with Gasteiger partial charge in [0.25, 0.3) is 0 Å². The number of rotatable bonds is 5. The molecule has 1 fully saturated rings. The average Bonchev–Trinajstić information content (AvgIpc) is 2.35. The summed E-state index contributed by atoms with van der Waals surface area (Å²) in [6.45, 7) is -0.119. The summed E-state index contributed by atoms with van der Waals surface area (Å²) >= 11 is 0. The third-order valence-electron chi connectivity index (χ3n) is 3.05. The monoisotopic (exact) mass is 298 g/mol. The predicted molar refractivity (Wildman–Crippen MR) is 69.3 cm³/mol. The van der Waals surface area contributed by atoms with E-state index in [9.17, 15) is 18.0 Å². The largest absolute Gasteiger partial charge is 0.481 e. The fraction of sp³-hybridized carbons (Fsp3) is 0.333. The van der Waals surface area contributed by atoms with Crippen molar-refractivity contribution in [1.29, 1.82) is 0 Å². The summed E-state index contributed by atoms with van der Waals surface area (Å²) in [6, 6.07) is 7.72. The van der Waals surface area contributed by atoms with Crippen molar-refractivity contribution >= 4 is 21.9 Å². The molecule has 0 aliphatic carbocycles. The van der Waals surface area contributed by atoms with E-state index in [-0.39, 0.29) is 24.5 Å². The first-order valence-corrected chi connectivity index (χ1v) is 7.44. The van der Waals surface area contributed by atoms with Crippen LogP contribution in [0.1, 0.15) is 0 Å². The molecule has 0 spiro atoms. The number of nitrogens with one attached hydrogen (secondary N) is 1. The molecule has 1 amide bonds. The molecule has 0 aromatic heterocycles. The van der Waals surface area contributed by atoms with Crippen LogP contribution < -0.4 is 4.72 Å². The van der Waals surface area contributed by atoms with E-state index in [0.29, 0.717) is 0 Å². The molecule has 1 heterocycles. The number of carboxylic acids is 1. The van der Waals surface area contributed by atoms with Crippen molar-refractivity contribution in [2.24, 2.45) is 5.92 Å². The number of hydrogen-bond donors (Lipinski definition) is 2. The minimum atomic E-state index is -3.72. The standard InChI is InChI=1S/C12H14N2O5S/c15-11(14-7-9(8-14)12(16)17)6-13-20(18,19)10-4-2-1-3-5-10/h1-5,9,13H,6-8H2,(H,16,17). The van der Waals surface area contributed by atoms with Crippen molar-refractivity contribution in [2.75, 3.05) is 19.6 Å². The van der Waals surface area contributed by atoms with Gasteiger partial charge in [0.2, 0.25) is 15.9 Å². The normalized spacial score (nSPS) is 15.7. The van der Waals surface area contributed by atoms with Gasteiger partial charge in [-0.1, -0.05) is 18.2 Å². The number of aliphatic carboxylic acids is 1. The molecule has 1 aromatic carbocycles. The highest BCUT2D eigenvalue weighted by Gasteiger charge is 2.35. The fourth-order valence-electron chi connectivity index (χ4n) is 1.79. The lowest BCUT2D eigenvalue weighted by atomic mass is 10.0. The van der Waals surface area contributed by atoms with Crippen LogP contribution in [-0.4, -0.2) is 49.9 Å². The zero-order valence-corrected chi connectivity index (χ0v) is 11.3. The zero-order valence-electron chi connectivity index (χ0n) is 10.5. The van der Waals surface area contributed by atoms with E-state index < -0.39 is 27.8 Å². The molecule has 0 atom stereocenters. The predicted octanol–water partition coefficient (Wildman–Crippen LogP) is -0.492. The van der Waals surface area contributed by atoms with Crippen LogP contribution in [0.3, 0.4) is 0 Å². The van der Waals surface area contributed by atoms with Gasteiger partial charge < -0.3 is 10.0 Å². The van der Waals surface area contributed by atoms with Crippen molar-refractivity contribution in [3.8, 4) is 0 Å². The molecular formula is C12H14N2O5S. The van der Waals surface area contributed by atoms with Gasteiger partial charge in [0.05, 0.1) is 17.4 Å². The van der Waals surface area contributed by atoms with Crippen LogP contribution >= 0.6 is 0 Å². The lowest BCUT2D eigenvalue weighted by molar-refractivity contribution is -0.152. The van der Waals surface area contributed by atoms with Gasteiger partial charge >= 0.3 is 5.97 Å². The molecule has 2 rings (SSSR count). The number of carbonyl (C=O) groups is 2. The minimum Gasteiger partial charge on any atom is -0.481 e. The molecule has 0 saturated carbocycles. The topological polar surface area (TPSA) is 104 Å². The molecule has 1 aliphatic rings. The Kier molecular flexibility index (Phi) is 4.05. The van der Waals surface area contributed by atoms with E-state index >= 15 is 0 Å². The highest BCUT2D eigenvalue weighted by Crippen LogP contribution is 2.15. The molecule has 108 valence electrons. The molecule has 0 radical (unpaired) electrons. The smallest absolute Gasteiger partial charge is 0.310 e. The van der Waals surface area contributed by atoms with Gasteiger partial charge in [0.1, 0.15) is 0 Å². The van der Waals surface area contributed by atoms with Gasteiger partial charge in [-0.3, -0.25) is 9.59 Å². The zero-order chi connectivity index (χ0) is 14.8. The van der Waals surface area contributed by atoms with Crippen LogP contribution in [0.2, 0.25) is 0 Å². The maximum absolute atomic E-state index is 11.9. The molecule has 8 heteroatoms. The lowest BCUT2D eigenvalue weighted by Gasteiger charge is -2.36. The highest BCUT2D eigenvalue weighted by atomic mass is 32.2. The Balaban J connectivity index is 1.87. The lowest BCUT2D eigenvalue weighted by Crippen LogP contribution is -2.55. The number of amides is 1. The van der Waals surface area contributed by atoms with Gasteiger partial charge in [-0.25, -0.2) is 13.1 Å². The van der Waals surface area contributed by atoms with E-state index in [2.05, 4.69) is 4.72 Å². The van der Waals surface area contributed by atoms with Gasteiger partial charge in [-0.15, -0.1) is 0 Å². The van der Waals surface area contributed by atoms with E-state index in [0.717, 1.165) is 0 Å². The second-order valence-corrected chi connectivity index (χ2v) is 6.24. The van der Waals surface area contributed by atoms with Crippen molar-refractivity contribution in [1.82, 2.24) is 9.62 Å². The number of benzene rings is 1. The molecule has 0 unspecified atom stereocenters. The maximum Gasteiger partial charge on any atom is 0.310 e. The first-order chi connectivity index (χ1) is 9.40. The van der Waals surface area contributed by atoms with Gasteiger partial charge in [0.15, 0.2) is 0 Å². The number of sulfonamides is 1. The summed E-state index contributed by atoms with van der Waals surface area (Å²) in [6.07, 6.45) is 0. The second kappa shape index (κ2) is 5.59. The van der Waals surface area contributed by atoms with E-state index in [1.807, 2.05) is 0 Å². The minimum absolute atomic E-state index is 0.0832. The van der Waals surface area contributed by atoms with Gasteiger partial charge in [-0.2, -0.15) is 0 Å². The third kappa shape index (κ3) is 3.14. The average molecular weight is 298 g/mol. The van der Waals surface area contributed by atoms with Crippen LogP contribution in [0, 0.1) is 5.92 Å². The van der Waals surface area contributed by atoms with Crippen LogP contribution in [0.15, 0.2) is 35.2 Å². The first kappa shape index (κ1) is 14.5. The second-order valence-electron chi connectivity index (χ2n) is 4.47. The van der Waals surface area contributed by atoms with Crippen molar-refractivity contribution in [3.05, 3.63) is 30.3 Å². The summed E-state index contributed by atoms with van der Waals surface area (Å²) < 4.78 is 25.9. The van der Waals surface area contributed by atoms with Crippen molar-refractivity contribution in [2.45, 2.75) is 4.90 Å². The molecule has 1 aromatic rings.